The van der Waals surface area contributed by atoms with Gasteiger partial charge in [-0.1, -0.05) is 22.5 Å². The molecular formula is C13H18BrNO4S. The molecule has 0 heterocycles. The van der Waals surface area contributed by atoms with E-state index in [2.05, 4.69) is 27.2 Å². The van der Waals surface area contributed by atoms with Crippen LogP contribution in [0.25, 0.3) is 0 Å². The SMILES string of the molecule is C=C(Br)CNS(=O)(=O)c1ccc(OCC)c(OCC)c1. The molecule has 0 aliphatic rings. The molecule has 0 aliphatic carbocycles. The standard InChI is InChI=1S/C13H18BrNO4S/c1-4-18-12-7-6-11(8-13(12)19-5-2)20(16,17)15-9-10(3)14/h6-8,15H,3-5,9H2,1-2H3. The zero-order chi connectivity index (χ0) is 15.2. The van der Waals surface area contributed by atoms with Gasteiger partial charge in [0.2, 0.25) is 10.0 Å². The first kappa shape index (κ1) is 17.0. The highest BCUT2D eigenvalue weighted by Gasteiger charge is 2.17. The number of rotatable bonds is 8. The topological polar surface area (TPSA) is 64.6 Å². The summed E-state index contributed by atoms with van der Waals surface area (Å²) >= 11 is 3.10. The molecule has 1 aromatic carbocycles. The normalized spacial score (nSPS) is 11.2. The minimum absolute atomic E-state index is 0.123. The zero-order valence-corrected chi connectivity index (χ0v) is 13.9. The molecule has 1 N–H and O–H groups in total. The summed E-state index contributed by atoms with van der Waals surface area (Å²) in [6.07, 6.45) is 0. The average molecular weight is 364 g/mol. The van der Waals surface area contributed by atoms with Crippen LogP contribution in [0.15, 0.2) is 34.2 Å². The van der Waals surface area contributed by atoms with Crippen LogP contribution in [-0.4, -0.2) is 28.2 Å². The molecule has 7 heteroatoms. The maximum atomic E-state index is 12.1. The van der Waals surface area contributed by atoms with Crippen LogP contribution in [0.2, 0.25) is 0 Å². The van der Waals surface area contributed by atoms with Crippen molar-refractivity contribution >= 4 is 26.0 Å². The van der Waals surface area contributed by atoms with Gasteiger partial charge in [0.1, 0.15) is 0 Å². The van der Waals surface area contributed by atoms with Gasteiger partial charge in [-0.3, -0.25) is 0 Å². The largest absolute Gasteiger partial charge is 0.490 e. The van der Waals surface area contributed by atoms with Crippen molar-refractivity contribution in [3.8, 4) is 11.5 Å². The van der Waals surface area contributed by atoms with Gasteiger partial charge in [-0.25, -0.2) is 13.1 Å². The number of hydrogen-bond acceptors (Lipinski definition) is 4. The summed E-state index contributed by atoms with van der Waals surface area (Å²) in [6, 6.07) is 4.52. The first-order valence-electron chi connectivity index (χ1n) is 6.13. The first-order valence-corrected chi connectivity index (χ1v) is 8.41. The lowest BCUT2D eigenvalue weighted by Crippen LogP contribution is -2.24. The molecule has 5 nitrogen and oxygen atoms in total. The van der Waals surface area contributed by atoms with E-state index in [9.17, 15) is 8.42 Å². The minimum atomic E-state index is -3.60. The minimum Gasteiger partial charge on any atom is -0.490 e. The number of nitrogens with one attached hydrogen (secondary N) is 1. The molecule has 0 atom stereocenters. The van der Waals surface area contributed by atoms with Crippen LogP contribution in [0.5, 0.6) is 11.5 Å². The van der Waals surface area contributed by atoms with E-state index in [1.165, 1.54) is 12.1 Å². The highest BCUT2D eigenvalue weighted by Crippen LogP contribution is 2.30. The summed E-state index contributed by atoms with van der Waals surface area (Å²) in [5, 5.41) is 0. The molecule has 0 fully saturated rings. The van der Waals surface area contributed by atoms with Gasteiger partial charge in [0.25, 0.3) is 0 Å². The smallest absolute Gasteiger partial charge is 0.241 e. The summed E-state index contributed by atoms with van der Waals surface area (Å²) in [7, 11) is -3.60. The molecule has 0 aliphatic heterocycles. The molecule has 0 radical (unpaired) electrons. The highest BCUT2D eigenvalue weighted by atomic mass is 79.9. The van der Waals surface area contributed by atoms with Crippen LogP contribution < -0.4 is 14.2 Å². The second-order valence-electron chi connectivity index (χ2n) is 3.82. The molecular weight excluding hydrogens is 346 g/mol. The van der Waals surface area contributed by atoms with E-state index in [0.29, 0.717) is 29.2 Å². The molecule has 0 unspecified atom stereocenters. The fourth-order valence-corrected chi connectivity index (χ4v) is 2.82. The molecule has 0 bridgehead atoms. The average Bonchev–Trinajstić information content (AvgIpc) is 2.39. The number of benzene rings is 1. The van der Waals surface area contributed by atoms with Gasteiger partial charge in [0.05, 0.1) is 18.1 Å². The Kier molecular flexibility index (Phi) is 6.51. The second-order valence-corrected chi connectivity index (χ2v) is 6.70. The van der Waals surface area contributed by atoms with Crippen molar-refractivity contribution in [2.75, 3.05) is 19.8 Å². The highest BCUT2D eigenvalue weighted by molar-refractivity contribution is 9.11. The van der Waals surface area contributed by atoms with Crippen molar-refractivity contribution in [3.63, 3.8) is 0 Å². The van der Waals surface area contributed by atoms with Crippen molar-refractivity contribution in [3.05, 3.63) is 29.3 Å². The Labute approximate surface area is 128 Å². The predicted molar refractivity (Wildman–Crippen MR) is 82.0 cm³/mol. The van der Waals surface area contributed by atoms with Gasteiger partial charge < -0.3 is 9.47 Å². The molecule has 1 rings (SSSR count). The summed E-state index contributed by atoms with van der Waals surface area (Å²) in [5.74, 6) is 0.938. The fraction of sp³-hybridized carbons (Fsp3) is 0.385. The Hall–Kier alpha value is -1.05. The zero-order valence-electron chi connectivity index (χ0n) is 11.5. The van der Waals surface area contributed by atoms with Crippen LogP contribution in [-0.2, 0) is 10.0 Å². The third kappa shape index (κ3) is 4.81. The third-order valence-electron chi connectivity index (χ3n) is 2.28. The Morgan fingerprint density at radius 1 is 1.25 bits per heavy atom. The molecule has 20 heavy (non-hydrogen) atoms. The van der Waals surface area contributed by atoms with Crippen LogP contribution in [0, 0.1) is 0 Å². The summed E-state index contributed by atoms with van der Waals surface area (Å²) < 4.78 is 38.0. The van der Waals surface area contributed by atoms with Gasteiger partial charge in [-0.15, -0.1) is 0 Å². The Bertz CT molecular complexity index is 572. The molecule has 0 spiro atoms. The van der Waals surface area contributed by atoms with Crippen molar-refractivity contribution in [2.24, 2.45) is 0 Å². The fourth-order valence-electron chi connectivity index (χ4n) is 1.46. The Morgan fingerprint density at radius 2 is 1.85 bits per heavy atom. The van der Waals surface area contributed by atoms with Gasteiger partial charge >= 0.3 is 0 Å². The van der Waals surface area contributed by atoms with Crippen molar-refractivity contribution in [2.45, 2.75) is 18.7 Å². The van der Waals surface area contributed by atoms with E-state index >= 15 is 0 Å². The molecule has 0 saturated carbocycles. The molecule has 0 aromatic heterocycles. The van der Waals surface area contributed by atoms with Crippen molar-refractivity contribution < 1.29 is 17.9 Å². The maximum Gasteiger partial charge on any atom is 0.241 e. The molecule has 1 aromatic rings. The van der Waals surface area contributed by atoms with E-state index in [1.807, 2.05) is 13.8 Å². The van der Waals surface area contributed by atoms with Gasteiger partial charge in [-0.05, 0) is 26.0 Å². The van der Waals surface area contributed by atoms with Gasteiger partial charge in [0.15, 0.2) is 11.5 Å². The summed E-state index contributed by atoms with van der Waals surface area (Å²) in [6.45, 7) is 8.29. The summed E-state index contributed by atoms with van der Waals surface area (Å²) in [4.78, 5) is 0.123. The van der Waals surface area contributed by atoms with E-state index < -0.39 is 10.0 Å². The third-order valence-corrected chi connectivity index (χ3v) is 3.96. The predicted octanol–water partition coefficient (Wildman–Crippen LogP) is 2.67. The lowest BCUT2D eigenvalue weighted by atomic mass is 10.3. The van der Waals surface area contributed by atoms with Crippen LogP contribution in [0.4, 0.5) is 0 Å². The van der Waals surface area contributed by atoms with Gasteiger partial charge in [-0.2, -0.15) is 0 Å². The molecule has 0 saturated heterocycles. The summed E-state index contributed by atoms with van der Waals surface area (Å²) in [5.41, 5.74) is 0. The van der Waals surface area contributed by atoms with Crippen molar-refractivity contribution in [1.82, 2.24) is 4.72 Å². The molecule has 0 amide bonds. The Balaban J connectivity index is 3.06. The first-order chi connectivity index (χ1) is 9.40. The number of ether oxygens (including phenoxy) is 2. The lowest BCUT2D eigenvalue weighted by Gasteiger charge is -2.13. The van der Waals surface area contributed by atoms with Crippen molar-refractivity contribution in [1.29, 1.82) is 0 Å². The quantitative estimate of drug-likeness (QED) is 0.770. The van der Waals surface area contributed by atoms with E-state index in [1.54, 1.807) is 6.07 Å². The van der Waals surface area contributed by atoms with Crippen LogP contribution >= 0.6 is 15.9 Å². The van der Waals surface area contributed by atoms with Crippen LogP contribution in [0.3, 0.4) is 0 Å². The number of halogens is 1. The van der Waals surface area contributed by atoms with E-state index in [0.717, 1.165) is 0 Å². The maximum absolute atomic E-state index is 12.1. The lowest BCUT2D eigenvalue weighted by molar-refractivity contribution is 0.287. The molecule has 112 valence electrons. The Morgan fingerprint density at radius 3 is 2.40 bits per heavy atom. The van der Waals surface area contributed by atoms with Gasteiger partial charge in [0, 0.05) is 17.1 Å². The number of sulfonamides is 1. The van der Waals surface area contributed by atoms with Crippen LogP contribution in [0.1, 0.15) is 13.8 Å². The number of hydrogen-bond donors (Lipinski definition) is 1. The van der Waals surface area contributed by atoms with E-state index in [4.69, 9.17) is 9.47 Å². The monoisotopic (exact) mass is 363 g/mol. The van der Waals surface area contributed by atoms with E-state index in [-0.39, 0.29) is 11.4 Å². The second kappa shape index (κ2) is 7.66.